The van der Waals surface area contributed by atoms with Crippen LogP contribution in [0.1, 0.15) is 6.42 Å². The fourth-order valence-electron chi connectivity index (χ4n) is 2.56. The van der Waals surface area contributed by atoms with Crippen LogP contribution in [0.3, 0.4) is 0 Å². The lowest BCUT2D eigenvalue weighted by atomic mass is 10.3. The highest BCUT2D eigenvalue weighted by Gasteiger charge is 2.21. The van der Waals surface area contributed by atoms with E-state index in [1.165, 1.54) is 4.91 Å². The van der Waals surface area contributed by atoms with Gasteiger partial charge in [-0.1, -0.05) is 0 Å². The Hall–Kier alpha value is -1.50. The molecular weight excluding hydrogens is 298 g/mol. The molecule has 0 saturated carbocycles. The van der Waals surface area contributed by atoms with Gasteiger partial charge in [0, 0.05) is 24.2 Å². The van der Waals surface area contributed by atoms with Crippen molar-refractivity contribution in [1.29, 1.82) is 0 Å². The first-order valence-corrected chi connectivity index (χ1v) is 8.64. The molecule has 1 saturated heterocycles. The van der Waals surface area contributed by atoms with Crippen LogP contribution in [0.5, 0.6) is 0 Å². The van der Waals surface area contributed by atoms with Gasteiger partial charge >= 0.3 is 0 Å². The van der Waals surface area contributed by atoms with Gasteiger partial charge < -0.3 is 19.6 Å². The molecule has 1 fully saturated rings. The first kappa shape index (κ1) is 15.4. The molecule has 1 aromatic rings. The molecule has 2 aliphatic rings. The maximum absolute atomic E-state index is 9.61. The van der Waals surface area contributed by atoms with E-state index in [0.29, 0.717) is 19.9 Å². The summed E-state index contributed by atoms with van der Waals surface area (Å²) in [5, 5.41) is 9.61. The quantitative estimate of drug-likeness (QED) is 0.922. The van der Waals surface area contributed by atoms with E-state index < -0.39 is 0 Å². The van der Waals surface area contributed by atoms with Crippen LogP contribution in [0.4, 0.5) is 11.5 Å². The highest BCUT2D eigenvalue weighted by atomic mass is 32.2. The molecule has 0 unspecified atom stereocenters. The number of anilines is 2. The minimum absolute atomic E-state index is 0.232. The predicted molar refractivity (Wildman–Crippen MR) is 91.1 cm³/mol. The number of aliphatic hydroxyl groups is 1. The zero-order valence-electron chi connectivity index (χ0n) is 12.7. The minimum atomic E-state index is -0.232. The molecule has 0 aromatic carbocycles. The summed E-state index contributed by atoms with van der Waals surface area (Å²) in [5.74, 6) is 0.918. The molecular formula is C16H21N3O2S. The number of ether oxygens (including phenoxy) is 1. The molecule has 3 heterocycles. The Kier molecular flexibility index (Phi) is 5.02. The molecule has 6 heteroatoms. The number of β-amino-alcohol motifs (C(OH)–C–C–N with tert-alkyl or cyclic N) is 1. The van der Waals surface area contributed by atoms with Crippen molar-refractivity contribution in [2.45, 2.75) is 12.5 Å². The second-order valence-electron chi connectivity index (χ2n) is 5.36. The number of aliphatic hydroxyl groups excluding tert-OH is 1. The Morgan fingerprint density at radius 1 is 1.41 bits per heavy atom. The van der Waals surface area contributed by atoms with Crippen LogP contribution >= 0.6 is 11.8 Å². The molecule has 2 aliphatic heterocycles. The molecule has 3 rings (SSSR count). The maximum atomic E-state index is 9.61. The average Bonchev–Trinajstić information content (AvgIpc) is 2.94. The Bertz CT molecular complexity index is 559. The van der Waals surface area contributed by atoms with Crippen molar-refractivity contribution in [2.24, 2.45) is 0 Å². The van der Waals surface area contributed by atoms with Crippen molar-refractivity contribution in [1.82, 2.24) is 4.98 Å². The Morgan fingerprint density at radius 2 is 2.32 bits per heavy atom. The second kappa shape index (κ2) is 7.17. The molecule has 0 amide bonds. The van der Waals surface area contributed by atoms with Gasteiger partial charge in [-0.25, -0.2) is 4.98 Å². The lowest BCUT2D eigenvalue weighted by Gasteiger charge is -2.23. The smallest absolute Gasteiger partial charge is 0.128 e. The Balaban J connectivity index is 1.72. The van der Waals surface area contributed by atoms with Crippen molar-refractivity contribution in [3.05, 3.63) is 41.6 Å². The monoisotopic (exact) mass is 319 g/mol. The molecule has 0 spiro atoms. The number of aromatic nitrogens is 1. The third-order valence-electron chi connectivity index (χ3n) is 3.84. The molecule has 1 atom stereocenters. The summed E-state index contributed by atoms with van der Waals surface area (Å²) >= 11 is 1.71. The molecule has 118 valence electrons. The van der Waals surface area contributed by atoms with Crippen LogP contribution in [0.15, 0.2) is 41.6 Å². The largest absolute Gasteiger partial charge is 0.391 e. The van der Waals surface area contributed by atoms with E-state index >= 15 is 0 Å². The van der Waals surface area contributed by atoms with E-state index in [1.807, 2.05) is 29.4 Å². The fourth-order valence-corrected chi connectivity index (χ4v) is 3.00. The van der Waals surface area contributed by atoms with E-state index in [-0.39, 0.29) is 6.10 Å². The normalized spacial score (nSPS) is 26.3. The summed E-state index contributed by atoms with van der Waals surface area (Å²) < 4.78 is 5.63. The van der Waals surface area contributed by atoms with Gasteiger partial charge in [0.15, 0.2) is 0 Å². The average molecular weight is 319 g/mol. The van der Waals surface area contributed by atoms with E-state index in [2.05, 4.69) is 28.3 Å². The summed E-state index contributed by atoms with van der Waals surface area (Å²) in [6, 6.07) is 4.05. The molecule has 0 radical (unpaired) electrons. The Labute approximate surface area is 135 Å². The van der Waals surface area contributed by atoms with Crippen molar-refractivity contribution >= 4 is 23.3 Å². The van der Waals surface area contributed by atoms with Crippen LogP contribution in [0, 0.1) is 0 Å². The lowest BCUT2D eigenvalue weighted by Crippen LogP contribution is -2.23. The number of allylic oxidation sites excluding steroid dienone is 1. The van der Waals surface area contributed by atoms with Crippen LogP contribution in [0.25, 0.3) is 0 Å². The first-order valence-electron chi connectivity index (χ1n) is 7.42. The van der Waals surface area contributed by atoms with Crippen LogP contribution in [0.2, 0.25) is 0 Å². The molecule has 0 bridgehead atoms. The van der Waals surface area contributed by atoms with E-state index in [4.69, 9.17) is 4.74 Å². The first-order chi connectivity index (χ1) is 10.8. The standard InChI is InChI=1S/C16H21N3O2S/c1-22-15-5-8-19(12-21-9-6-15)13-2-3-16(17-10-13)18-7-4-14(20)11-18/h2-3,5-6,8,10,14,20H,4,7,9,11-12H2,1H3/b8-5-,15-6+/t14-/m1/s1. The highest BCUT2D eigenvalue weighted by Crippen LogP contribution is 2.23. The molecule has 5 nitrogen and oxygen atoms in total. The third-order valence-corrected chi connectivity index (χ3v) is 4.61. The van der Waals surface area contributed by atoms with Crippen molar-refractivity contribution in [3.8, 4) is 0 Å². The van der Waals surface area contributed by atoms with Gasteiger partial charge in [0.25, 0.3) is 0 Å². The zero-order valence-corrected chi connectivity index (χ0v) is 13.5. The molecule has 1 N–H and O–H groups in total. The summed E-state index contributed by atoms with van der Waals surface area (Å²) in [6.07, 6.45) is 10.7. The van der Waals surface area contributed by atoms with Gasteiger partial charge in [0.05, 0.1) is 24.6 Å². The van der Waals surface area contributed by atoms with Crippen LogP contribution < -0.4 is 9.80 Å². The number of pyridine rings is 1. The van der Waals surface area contributed by atoms with Gasteiger partial charge in [-0.3, -0.25) is 0 Å². The lowest BCUT2D eigenvalue weighted by molar-refractivity contribution is 0.167. The molecule has 1 aromatic heterocycles. The van der Waals surface area contributed by atoms with Gasteiger partial charge in [0.1, 0.15) is 12.5 Å². The van der Waals surface area contributed by atoms with Gasteiger partial charge in [-0.15, -0.1) is 11.8 Å². The molecule has 0 aliphatic carbocycles. The second-order valence-corrected chi connectivity index (χ2v) is 6.24. The SMILES string of the molecule is CSC1=C/COCN(c2ccc(N3CC[C@@H](O)C3)nc2)/C=C\1. The van der Waals surface area contributed by atoms with E-state index in [1.54, 1.807) is 11.8 Å². The van der Waals surface area contributed by atoms with Crippen molar-refractivity contribution < 1.29 is 9.84 Å². The number of nitrogens with zero attached hydrogens (tertiary/aromatic N) is 3. The van der Waals surface area contributed by atoms with E-state index in [9.17, 15) is 5.11 Å². The highest BCUT2D eigenvalue weighted by molar-refractivity contribution is 8.02. The fraction of sp³-hybridized carbons (Fsp3) is 0.438. The topological polar surface area (TPSA) is 48.8 Å². The summed E-state index contributed by atoms with van der Waals surface area (Å²) in [4.78, 5) is 9.88. The van der Waals surface area contributed by atoms with Gasteiger partial charge in [-0.05, 0) is 37.0 Å². The van der Waals surface area contributed by atoms with E-state index in [0.717, 1.165) is 24.5 Å². The predicted octanol–water partition coefficient (Wildman–Crippen LogP) is 2.21. The summed E-state index contributed by atoms with van der Waals surface area (Å²) in [7, 11) is 0. The van der Waals surface area contributed by atoms with Gasteiger partial charge in [0.2, 0.25) is 0 Å². The number of rotatable bonds is 3. The van der Waals surface area contributed by atoms with Crippen molar-refractivity contribution in [3.63, 3.8) is 0 Å². The van der Waals surface area contributed by atoms with Crippen molar-refractivity contribution in [2.75, 3.05) is 42.5 Å². The number of hydrogen-bond acceptors (Lipinski definition) is 6. The number of hydrogen-bond donors (Lipinski definition) is 1. The molecule has 22 heavy (non-hydrogen) atoms. The Morgan fingerprint density at radius 3 is 3.00 bits per heavy atom. The van der Waals surface area contributed by atoms with Crippen LogP contribution in [-0.2, 0) is 4.74 Å². The number of thioether (sulfide) groups is 1. The minimum Gasteiger partial charge on any atom is -0.391 e. The van der Waals surface area contributed by atoms with Crippen LogP contribution in [-0.4, -0.2) is 48.9 Å². The zero-order chi connectivity index (χ0) is 15.4. The summed E-state index contributed by atoms with van der Waals surface area (Å²) in [6.45, 7) is 2.66. The summed E-state index contributed by atoms with van der Waals surface area (Å²) in [5.41, 5.74) is 1.00. The maximum Gasteiger partial charge on any atom is 0.128 e. The van der Waals surface area contributed by atoms with Gasteiger partial charge in [-0.2, -0.15) is 0 Å². The third kappa shape index (κ3) is 3.63.